The fourth-order valence-electron chi connectivity index (χ4n) is 7.70. The van der Waals surface area contributed by atoms with E-state index in [0.717, 1.165) is 103 Å². The Kier molecular flexibility index (Phi) is 11.1. The first-order valence-corrected chi connectivity index (χ1v) is 19.6. The van der Waals surface area contributed by atoms with Crippen LogP contribution in [0.15, 0.2) is 48.5 Å². The van der Waals surface area contributed by atoms with Crippen LogP contribution in [0.1, 0.15) is 57.2 Å². The summed E-state index contributed by atoms with van der Waals surface area (Å²) in [6, 6.07) is 15.1. The van der Waals surface area contributed by atoms with Crippen LogP contribution in [0.3, 0.4) is 0 Å². The van der Waals surface area contributed by atoms with Gasteiger partial charge in [0.05, 0.1) is 48.8 Å². The maximum Gasteiger partial charge on any atom is 0.354 e. The van der Waals surface area contributed by atoms with E-state index in [4.69, 9.17) is 36.0 Å². The molecule has 12 heteroatoms. The Bertz CT molecular complexity index is 2310. The van der Waals surface area contributed by atoms with Gasteiger partial charge in [-0.15, -0.1) is 0 Å². The summed E-state index contributed by atoms with van der Waals surface area (Å²) in [5.41, 5.74) is 9.23. The van der Waals surface area contributed by atoms with E-state index in [-0.39, 0.29) is 11.8 Å². The molecule has 3 aromatic heterocycles. The molecule has 0 radical (unpaired) electrons. The molecule has 0 unspecified atom stereocenters. The first kappa shape index (κ1) is 37.0. The van der Waals surface area contributed by atoms with Crippen molar-refractivity contribution in [1.82, 2.24) is 24.1 Å². The number of esters is 1. The van der Waals surface area contributed by atoms with Crippen molar-refractivity contribution in [3.63, 3.8) is 0 Å². The lowest BCUT2D eigenvalue weighted by Gasteiger charge is -2.15. The molecule has 0 saturated heterocycles. The molecular weight excluding hydrogens is 713 g/mol. The van der Waals surface area contributed by atoms with Gasteiger partial charge in [0.25, 0.3) is 0 Å². The lowest BCUT2D eigenvalue weighted by atomic mass is 9.98. The van der Waals surface area contributed by atoms with Gasteiger partial charge in [-0.05, 0) is 105 Å². The number of hydrogen-bond donors (Lipinski definition) is 0. The van der Waals surface area contributed by atoms with Gasteiger partial charge in [0.15, 0.2) is 0 Å². The third kappa shape index (κ3) is 7.43. The average molecular weight is 758 g/mol. The van der Waals surface area contributed by atoms with Gasteiger partial charge in [0.1, 0.15) is 17.3 Å². The molecule has 278 valence electrons. The second-order valence-electron chi connectivity index (χ2n) is 13.6. The zero-order valence-corrected chi connectivity index (χ0v) is 32.5. The van der Waals surface area contributed by atoms with Crippen molar-refractivity contribution in [1.29, 1.82) is 0 Å². The van der Waals surface area contributed by atoms with Crippen LogP contribution in [0.2, 0.25) is 5.02 Å². The van der Waals surface area contributed by atoms with Gasteiger partial charge in [-0.3, -0.25) is 9.36 Å². The number of thioether (sulfide) groups is 1. The molecule has 0 atom stereocenters. The number of carbonyl (C=O) groups excluding carboxylic acids is 1. The molecule has 1 aliphatic heterocycles. The molecule has 0 aliphatic carbocycles. The van der Waals surface area contributed by atoms with E-state index < -0.39 is 0 Å². The summed E-state index contributed by atoms with van der Waals surface area (Å²) in [5.74, 6) is 1.69. The number of fused-ring (bicyclic) bond motifs is 11. The van der Waals surface area contributed by atoms with E-state index in [2.05, 4.69) is 29.7 Å². The highest BCUT2D eigenvalue weighted by Gasteiger charge is 2.28. The number of benzene rings is 3. The Balaban J connectivity index is 1.34. The zero-order chi connectivity index (χ0) is 37.2. The Hall–Kier alpha value is -4.32. The Labute approximate surface area is 318 Å². The van der Waals surface area contributed by atoms with Crippen molar-refractivity contribution in [2.45, 2.75) is 64.8 Å². The van der Waals surface area contributed by atoms with Gasteiger partial charge >= 0.3 is 5.97 Å². The summed E-state index contributed by atoms with van der Waals surface area (Å²) in [7, 11) is 5.10. The Morgan fingerprint density at radius 3 is 2.64 bits per heavy atom. The molecule has 6 bridgehead atoms. The normalized spacial score (nSPS) is 14.4. The Morgan fingerprint density at radius 1 is 1.00 bits per heavy atom. The number of hydrogen-bond acceptors (Lipinski definition) is 7. The van der Waals surface area contributed by atoms with Crippen molar-refractivity contribution in [3.8, 4) is 16.9 Å². The van der Waals surface area contributed by atoms with E-state index >= 15 is 0 Å². The van der Waals surface area contributed by atoms with Crippen molar-refractivity contribution in [3.05, 3.63) is 99.0 Å². The standard InChI is InChI=1S/C41H45ClFN5O4S/c1-25-37(26(2)48(44-25)16-18-50-4)38-35(42)14-13-34-33-8-6-17-52-36-21-27(20-28-22-29(43)10-12-32(28)36)9-11-31-23-30(45-46(31)3)24-53-19-7-15-47(39(34)38)40(33)41(49)51-5/h10,12-14,20-23H,6-9,11,15-19,24H2,1-5H3. The molecule has 0 saturated carbocycles. The number of halogens is 2. The van der Waals surface area contributed by atoms with Crippen LogP contribution in [0.5, 0.6) is 5.75 Å². The lowest BCUT2D eigenvalue weighted by molar-refractivity contribution is 0.0587. The number of nitrogens with zero attached hydrogens (tertiary/aromatic N) is 5. The monoisotopic (exact) mass is 757 g/mol. The third-order valence-electron chi connectivity index (χ3n) is 10.2. The number of aromatic nitrogens is 5. The fourth-order valence-corrected chi connectivity index (χ4v) is 8.78. The minimum Gasteiger partial charge on any atom is -0.493 e. The molecular formula is C41H45ClFN5O4S. The summed E-state index contributed by atoms with van der Waals surface area (Å²) in [6.07, 6.45) is 3.60. The predicted octanol–water partition coefficient (Wildman–Crippen LogP) is 8.67. The molecule has 7 rings (SSSR count). The average Bonchev–Trinajstić information content (AvgIpc) is 3.76. The van der Waals surface area contributed by atoms with Crippen molar-refractivity contribution in [2.24, 2.45) is 7.05 Å². The van der Waals surface area contributed by atoms with Gasteiger partial charge in [-0.1, -0.05) is 23.7 Å². The van der Waals surface area contributed by atoms with E-state index in [1.54, 1.807) is 19.2 Å². The molecule has 6 aromatic rings. The minimum absolute atomic E-state index is 0.283. The largest absolute Gasteiger partial charge is 0.493 e. The highest BCUT2D eigenvalue weighted by molar-refractivity contribution is 7.98. The summed E-state index contributed by atoms with van der Waals surface area (Å²) >= 11 is 8.96. The summed E-state index contributed by atoms with van der Waals surface area (Å²) in [5, 5.41) is 12.9. The van der Waals surface area contributed by atoms with Gasteiger partial charge in [-0.2, -0.15) is 22.0 Å². The number of rotatable bonds is 5. The SMILES string of the molecule is COCCn1nc(C)c(-c2c(Cl)ccc3c4c(C(=O)OC)n(c23)CCCSCc2cc(n(C)n2)CCc2cc(c3ccc(F)cc3c2)OCCC4)c1C. The van der Waals surface area contributed by atoms with Crippen molar-refractivity contribution >= 4 is 51.0 Å². The van der Waals surface area contributed by atoms with Gasteiger partial charge in [0, 0.05) is 59.7 Å². The van der Waals surface area contributed by atoms with Gasteiger partial charge < -0.3 is 18.8 Å². The topological polar surface area (TPSA) is 85.3 Å². The highest BCUT2D eigenvalue weighted by Crippen LogP contribution is 2.42. The van der Waals surface area contributed by atoms with Gasteiger partial charge in [0.2, 0.25) is 0 Å². The molecule has 0 N–H and O–H groups in total. The van der Waals surface area contributed by atoms with E-state index in [0.29, 0.717) is 49.9 Å². The number of methoxy groups -OCH3 is 2. The maximum atomic E-state index is 14.4. The number of aryl methyl sites for hydroxylation is 6. The predicted molar refractivity (Wildman–Crippen MR) is 210 cm³/mol. The van der Waals surface area contributed by atoms with Crippen molar-refractivity contribution in [2.75, 3.05) is 33.2 Å². The molecule has 0 fully saturated rings. The maximum absolute atomic E-state index is 14.4. The van der Waals surface area contributed by atoms with E-state index in [9.17, 15) is 9.18 Å². The summed E-state index contributed by atoms with van der Waals surface area (Å²) in [6.45, 7) is 6.18. The fraction of sp³-hybridized carbons (Fsp3) is 0.390. The van der Waals surface area contributed by atoms with Crippen LogP contribution < -0.4 is 4.74 Å². The molecule has 4 heterocycles. The number of carbonyl (C=O) groups is 1. The molecule has 53 heavy (non-hydrogen) atoms. The molecule has 9 nitrogen and oxygen atoms in total. The van der Waals surface area contributed by atoms with Gasteiger partial charge in [-0.25, -0.2) is 9.18 Å². The van der Waals surface area contributed by atoms with E-state index in [1.807, 2.05) is 47.2 Å². The molecule has 3 aromatic carbocycles. The highest BCUT2D eigenvalue weighted by atomic mass is 35.5. The molecule has 1 aliphatic rings. The lowest BCUT2D eigenvalue weighted by Crippen LogP contribution is -2.14. The minimum atomic E-state index is -0.389. The first-order chi connectivity index (χ1) is 25.7. The van der Waals surface area contributed by atoms with Crippen LogP contribution in [-0.2, 0) is 54.6 Å². The number of ether oxygens (including phenoxy) is 3. The smallest absolute Gasteiger partial charge is 0.354 e. The quantitative estimate of drug-likeness (QED) is 0.163. The van der Waals surface area contributed by atoms with Crippen LogP contribution >= 0.6 is 23.4 Å². The first-order valence-electron chi connectivity index (χ1n) is 18.1. The van der Waals surface area contributed by atoms with Crippen LogP contribution in [-0.4, -0.2) is 63.3 Å². The van der Waals surface area contributed by atoms with Crippen LogP contribution in [0.25, 0.3) is 32.8 Å². The molecule has 0 spiro atoms. The Morgan fingerprint density at radius 2 is 1.83 bits per heavy atom. The summed E-state index contributed by atoms with van der Waals surface area (Å²) in [4.78, 5) is 13.8. The molecule has 0 amide bonds. The van der Waals surface area contributed by atoms with E-state index in [1.165, 1.54) is 13.2 Å². The van der Waals surface area contributed by atoms with Crippen LogP contribution in [0, 0.1) is 19.7 Å². The van der Waals surface area contributed by atoms with Crippen LogP contribution in [0.4, 0.5) is 4.39 Å². The zero-order valence-electron chi connectivity index (χ0n) is 30.9. The summed E-state index contributed by atoms with van der Waals surface area (Å²) < 4.78 is 37.8. The second kappa shape index (κ2) is 16.0. The third-order valence-corrected chi connectivity index (χ3v) is 11.6. The van der Waals surface area contributed by atoms with Crippen molar-refractivity contribution < 1.29 is 23.4 Å². The second-order valence-corrected chi connectivity index (χ2v) is 15.1.